The molecule has 25 heavy (non-hydrogen) atoms. The third-order valence-electron chi connectivity index (χ3n) is 4.30. The van der Waals surface area contributed by atoms with E-state index < -0.39 is 0 Å². The molecule has 3 aromatic carbocycles. The summed E-state index contributed by atoms with van der Waals surface area (Å²) in [6.07, 6.45) is 0. The van der Waals surface area contributed by atoms with Crippen molar-refractivity contribution in [1.82, 2.24) is 0 Å². The van der Waals surface area contributed by atoms with Crippen LogP contribution in [0, 0.1) is 0 Å². The number of benzene rings is 3. The van der Waals surface area contributed by atoms with E-state index in [2.05, 4.69) is 110 Å². The Hall–Kier alpha value is -2.50. The van der Waals surface area contributed by atoms with Gasteiger partial charge in [0, 0.05) is 0 Å². The molecule has 2 heteroatoms. The molecular formula is C23H20BP. The predicted octanol–water partition coefficient (Wildman–Crippen LogP) is 6.08. The summed E-state index contributed by atoms with van der Waals surface area (Å²) in [6, 6.07) is 34.1. The van der Waals surface area contributed by atoms with Crippen molar-refractivity contribution in [3.05, 3.63) is 103 Å². The Morgan fingerprint density at radius 1 is 0.480 bits per heavy atom. The molecule has 0 aliphatic carbocycles. The van der Waals surface area contributed by atoms with Gasteiger partial charge in [-0.1, -0.05) is 0 Å². The molecule has 0 fully saturated rings. The molecule has 0 saturated carbocycles. The summed E-state index contributed by atoms with van der Waals surface area (Å²) in [5.41, 5.74) is 7.56. The molecule has 1 aromatic heterocycles. The van der Waals surface area contributed by atoms with Crippen LogP contribution < -0.4 is 0 Å². The summed E-state index contributed by atoms with van der Waals surface area (Å²) < 4.78 is 0. The van der Waals surface area contributed by atoms with Crippen LogP contribution in [0.2, 0.25) is 0 Å². The van der Waals surface area contributed by atoms with Gasteiger partial charge in [0.25, 0.3) is 0 Å². The monoisotopic (exact) mass is 338 g/mol. The second-order valence-electron chi connectivity index (χ2n) is 5.83. The average Bonchev–Trinajstić information content (AvgIpc) is 2.69. The summed E-state index contributed by atoms with van der Waals surface area (Å²) in [7, 11) is 0. The van der Waals surface area contributed by atoms with Gasteiger partial charge in [-0.15, -0.1) is 0 Å². The van der Waals surface area contributed by atoms with E-state index in [4.69, 9.17) is 0 Å². The van der Waals surface area contributed by atoms with Crippen LogP contribution in [0.4, 0.5) is 0 Å². The minimum absolute atomic E-state index is 0. The molecule has 4 aromatic rings. The zero-order valence-corrected chi connectivity index (χ0v) is 15.5. The van der Waals surface area contributed by atoms with Gasteiger partial charge < -0.3 is 0 Å². The summed E-state index contributed by atoms with van der Waals surface area (Å²) in [4.78, 5) is 0. The maximum absolute atomic E-state index is 2.21. The van der Waals surface area contributed by atoms with Gasteiger partial charge in [-0.2, -0.15) is 9.90 Å². The normalized spacial score (nSPS) is 9.92. The first kappa shape index (κ1) is 17.3. The number of rotatable bonds is 3. The van der Waals surface area contributed by atoms with Crippen LogP contribution in [0.3, 0.4) is 0 Å². The molecule has 0 spiro atoms. The first-order valence-electron chi connectivity index (χ1n) is 8.23. The molecule has 0 saturated heterocycles. The summed E-state index contributed by atoms with van der Waals surface area (Å²) >= 11 is 0. The maximum atomic E-state index is 2.21. The van der Waals surface area contributed by atoms with Crippen molar-refractivity contribution in [1.29, 1.82) is 0 Å². The SMILES string of the molecule is P.b1ccc(-c2ccccc2)c(-c2ccccc2)c1-c1ccccc1. The van der Waals surface area contributed by atoms with Crippen LogP contribution in [0.5, 0.6) is 0 Å². The molecule has 1 atom stereocenters. The van der Waals surface area contributed by atoms with Gasteiger partial charge in [-0.05, 0) is 0 Å². The van der Waals surface area contributed by atoms with Crippen molar-refractivity contribution in [2.75, 3.05) is 0 Å². The zero-order valence-electron chi connectivity index (χ0n) is 14.1. The first-order chi connectivity index (χ1) is 11.9. The van der Waals surface area contributed by atoms with E-state index in [0.29, 0.717) is 0 Å². The number of hydrogen-bond acceptors (Lipinski definition) is 0. The van der Waals surface area contributed by atoms with Crippen molar-refractivity contribution >= 4 is 16.8 Å². The molecule has 0 aliphatic heterocycles. The fourth-order valence-electron chi connectivity index (χ4n) is 3.18. The Morgan fingerprint density at radius 2 is 0.960 bits per heavy atom. The van der Waals surface area contributed by atoms with Crippen LogP contribution in [0.1, 0.15) is 0 Å². The van der Waals surface area contributed by atoms with Gasteiger partial charge in [-0.3, -0.25) is 0 Å². The van der Waals surface area contributed by atoms with Gasteiger partial charge >= 0.3 is 143 Å². The molecule has 1 unspecified atom stereocenters. The fraction of sp³-hybridized carbons (Fsp3) is 0. The average molecular weight is 338 g/mol. The standard InChI is InChI=1S/C23H17B.H3P/c1-4-10-18(11-5-1)21-16-17-24-23(20-14-8-3-9-15-20)22(21)19-12-6-2-7-13-19;/h1-17H;1H3. The Morgan fingerprint density at radius 3 is 1.52 bits per heavy atom. The third-order valence-corrected chi connectivity index (χ3v) is 4.30. The van der Waals surface area contributed by atoms with E-state index in [1.54, 1.807) is 0 Å². The molecule has 4 rings (SSSR count). The molecule has 0 amide bonds. The molecule has 0 aliphatic rings. The Balaban J connectivity index is 0.00000182. The zero-order chi connectivity index (χ0) is 16.2. The van der Waals surface area contributed by atoms with Gasteiger partial charge in [0.1, 0.15) is 0 Å². The van der Waals surface area contributed by atoms with E-state index in [1.807, 2.05) is 0 Å². The van der Waals surface area contributed by atoms with Crippen molar-refractivity contribution in [2.45, 2.75) is 0 Å². The van der Waals surface area contributed by atoms with Crippen molar-refractivity contribution in [2.24, 2.45) is 0 Å². The summed E-state index contributed by atoms with van der Waals surface area (Å²) in [5.74, 6) is 2.15. The molecule has 0 nitrogen and oxygen atoms in total. The van der Waals surface area contributed by atoms with Gasteiger partial charge in [-0.25, -0.2) is 0 Å². The van der Waals surface area contributed by atoms with Gasteiger partial charge in [0.2, 0.25) is 0 Å². The molecule has 0 N–H and O–H groups in total. The molecular weight excluding hydrogens is 318 g/mol. The second kappa shape index (κ2) is 8.05. The third kappa shape index (κ3) is 3.63. The van der Waals surface area contributed by atoms with Crippen LogP contribution in [0.25, 0.3) is 33.3 Å². The van der Waals surface area contributed by atoms with E-state index in [0.717, 1.165) is 0 Å². The van der Waals surface area contributed by atoms with Crippen molar-refractivity contribution in [3.8, 4) is 33.3 Å². The van der Waals surface area contributed by atoms with Gasteiger partial charge in [0.05, 0.1) is 0 Å². The minimum atomic E-state index is 0. The van der Waals surface area contributed by atoms with E-state index in [-0.39, 0.29) is 9.90 Å². The van der Waals surface area contributed by atoms with Gasteiger partial charge in [0.15, 0.2) is 0 Å². The Kier molecular flexibility index (Phi) is 5.58. The first-order valence-corrected chi connectivity index (χ1v) is 8.23. The Labute approximate surface area is 153 Å². The van der Waals surface area contributed by atoms with Crippen LogP contribution in [-0.2, 0) is 0 Å². The fourth-order valence-corrected chi connectivity index (χ4v) is 3.18. The Bertz CT molecular complexity index is 878. The van der Waals surface area contributed by atoms with E-state index >= 15 is 0 Å². The number of hydrogen-bond donors (Lipinski definition) is 0. The quantitative estimate of drug-likeness (QED) is 0.397. The van der Waals surface area contributed by atoms with Crippen LogP contribution in [-0.4, -0.2) is 6.91 Å². The summed E-state index contributed by atoms with van der Waals surface area (Å²) in [5, 5.41) is 0. The molecule has 0 bridgehead atoms. The van der Waals surface area contributed by atoms with Crippen molar-refractivity contribution < 1.29 is 0 Å². The second-order valence-corrected chi connectivity index (χ2v) is 5.83. The molecule has 1 heterocycles. The van der Waals surface area contributed by atoms with Crippen LogP contribution >= 0.6 is 9.90 Å². The molecule has 120 valence electrons. The van der Waals surface area contributed by atoms with E-state index in [9.17, 15) is 0 Å². The summed E-state index contributed by atoms with van der Waals surface area (Å²) in [6.45, 7) is 2.21. The van der Waals surface area contributed by atoms with E-state index in [1.165, 1.54) is 33.3 Å². The topological polar surface area (TPSA) is 0 Å². The molecule has 0 radical (unpaired) electrons. The van der Waals surface area contributed by atoms with Crippen molar-refractivity contribution in [3.63, 3.8) is 0 Å². The predicted molar refractivity (Wildman–Crippen MR) is 115 cm³/mol. The van der Waals surface area contributed by atoms with Crippen LogP contribution in [0.15, 0.2) is 103 Å².